The number of hydrogen-bond acceptors (Lipinski definition) is 6. The van der Waals surface area contributed by atoms with Crippen molar-refractivity contribution in [1.82, 2.24) is 0 Å². The van der Waals surface area contributed by atoms with E-state index in [-0.39, 0.29) is 0 Å². The zero-order valence-electron chi connectivity index (χ0n) is 8.17. The first kappa shape index (κ1) is 9.50. The minimum atomic E-state index is -0.815. The fourth-order valence-corrected chi connectivity index (χ4v) is 2.86. The lowest BCUT2D eigenvalue weighted by molar-refractivity contribution is -0.158. The predicted molar refractivity (Wildman–Crippen MR) is 45.4 cm³/mol. The normalized spacial score (nSPS) is 41.5. The molecule has 0 bridgehead atoms. The second kappa shape index (κ2) is 2.90. The molecule has 2 saturated heterocycles. The van der Waals surface area contributed by atoms with Gasteiger partial charge in [-0.2, -0.15) is 0 Å². The van der Waals surface area contributed by atoms with Crippen LogP contribution in [0.25, 0.3) is 0 Å². The van der Waals surface area contributed by atoms with E-state index in [0.717, 1.165) is 0 Å². The van der Waals surface area contributed by atoms with Crippen molar-refractivity contribution in [2.24, 2.45) is 23.7 Å². The van der Waals surface area contributed by atoms with Crippen molar-refractivity contribution in [1.29, 1.82) is 0 Å². The Morgan fingerprint density at radius 1 is 0.688 bits per heavy atom. The summed E-state index contributed by atoms with van der Waals surface area (Å²) in [5.41, 5.74) is 0. The van der Waals surface area contributed by atoms with Gasteiger partial charge in [0, 0.05) is 0 Å². The molecule has 1 aliphatic carbocycles. The number of hydrogen-bond donors (Lipinski definition) is 0. The lowest BCUT2D eigenvalue weighted by atomic mass is 9.68. The molecule has 2 heterocycles. The molecule has 0 aromatic heterocycles. The Morgan fingerprint density at radius 2 is 1.06 bits per heavy atom. The van der Waals surface area contributed by atoms with Gasteiger partial charge in [0.15, 0.2) is 0 Å². The number of ether oxygens (including phenoxy) is 2. The average molecular weight is 224 g/mol. The second-order valence-electron chi connectivity index (χ2n) is 4.32. The van der Waals surface area contributed by atoms with Crippen molar-refractivity contribution in [2.45, 2.75) is 12.8 Å². The Kier molecular flexibility index (Phi) is 1.72. The van der Waals surface area contributed by atoms with E-state index >= 15 is 0 Å². The highest BCUT2D eigenvalue weighted by Gasteiger charge is 2.61. The third-order valence-corrected chi connectivity index (χ3v) is 3.59. The number of carbonyl (C=O) groups is 4. The van der Waals surface area contributed by atoms with Gasteiger partial charge in [-0.15, -0.1) is 0 Å². The Bertz CT molecular complexity index is 385. The first-order valence-electron chi connectivity index (χ1n) is 5.10. The van der Waals surface area contributed by atoms with E-state index in [1.54, 1.807) is 0 Å². The summed E-state index contributed by atoms with van der Waals surface area (Å²) in [6, 6.07) is 0. The number of rotatable bonds is 0. The molecule has 0 amide bonds. The molecule has 0 aromatic rings. The van der Waals surface area contributed by atoms with Gasteiger partial charge in [-0.1, -0.05) is 0 Å². The highest BCUT2D eigenvalue weighted by Crippen LogP contribution is 2.47. The average Bonchev–Trinajstić information content (AvgIpc) is 2.67. The molecular weight excluding hydrogens is 216 g/mol. The number of carbonyl (C=O) groups excluding carboxylic acids is 4. The largest absolute Gasteiger partial charge is 0.393 e. The number of cyclic esters (lactones) is 4. The van der Waals surface area contributed by atoms with Gasteiger partial charge in [-0.3, -0.25) is 19.2 Å². The number of fused-ring (bicyclic) bond motifs is 3. The second-order valence-corrected chi connectivity index (χ2v) is 4.32. The van der Waals surface area contributed by atoms with Crippen LogP contribution in [-0.2, 0) is 28.7 Å². The summed E-state index contributed by atoms with van der Waals surface area (Å²) in [7, 11) is 0. The van der Waals surface area contributed by atoms with Gasteiger partial charge in [-0.25, -0.2) is 0 Å². The molecule has 0 N–H and O–H groups in total. The van der Waals surface area contributed by atoms with E-state index in [0.29, 0.717) is 12.8 Å². The first-order valence-corrected chi connectivity index (χ1v) is 5.10. The van der Waals surface area contributed by atoms with Crippen molar-refractivity contribution in [2.75, 3.05) is 0 Å². The molecular formula is C10H8O6. The summed E-state index contributed by atoms with van der Waals surface area (Å²) in [6.07, 6.45) is 0.803. The van der Waals surface area contributed by atoms with Crippen LogP contribution < -0.4 is 0 Å². The number of esters is 4. The van der Waals surface area contributed by atoms with Crippen molar-refractivity contribution in [3.63, 3.8) is 0 Å². The molecule has 2 aliphatic heterocycles. The van der Waals surface area contributed by atoms with Crippen LogP contribution in [0, 0.1) is 23.7 Å². The zero-order chi connectivity index (χ0) is 11.4. The maximum Gasteiger partial charge on any atom is 0.318 e. The van der Waals surface area contributed by atoms with E-state index in [1.807, 2.05) is 0 Å². The molecule has 3 rings (SSSR count). The van der Waals surface area contributed by atoms with E-state index < -0.39 is 47.5 Å². The van der Waals surface area contributed by atoms with Crippen molar-refractivity contribution in [3.05, 3.63) is 0 Å². The fourth-order valence-electron chi connectivity index (χ4n) is 2.86. The van der Waals surface area contributed by atoms with Crippen LogP contribution >= 0.6 is 0 Å². The van der Waals surface area contributed by atoms with Crippen LogP contribution in [0.3, 0.4) is 0 Å². The van der Waals surface area contributed by atoms with Crippen LogP contribution in [0.5, 0.6) is 0 Å². The van der Waals surface area contributed by atoms with E-state index in [4.69, 9.17) is 0 Å². The van der Waals surface area contributed by atoms with Gasteiger partial charge >= 0.3 is 23.9 Å². The van der Waals surface area contributed by atoms with Gasteiger partial charge in [0.25, 0.3) is 0 Å². The topological polar surface area (TPSA) is 86.7 Å². The molecule has 1 saturated carbocycles. The minimum absolute atomic E-state index is 0.402. The van der Waals surface area contributed by atoms with Crippen LogP contribution in [0.4, 0.5) is 0 Å². The van der Waals surface area contributed by atoms with Crippen molar-refractivity contribution < 1.29 is 28.7 Å². The third kappa shape index (κ3) is 1.01. The zero-order valence-corrected chi connectivity index (χ0v) is 8.17. The Balaban J connectivity index is 2.01. The molecule has 16 heavy (non-hydrogen) atoms. The van der Waals surface area contributed by atoms with Gasteiger partial charge < -0.3 is 9.47 Å². The summed E-state index contributed by atoms with van der Waals surface area (Å²) < 4.78 is 9.01. The highest BCUT2D eigenvalue weighted by molar-refractivity contribution is 6.04. The Labute approximate surface area is 89.9 Å². The Morgan fingerprint density at radius 3 is 1.44 bits per heavy atom. The van der Waals surface area contributed by atoms with E-state index in [9.17, 15) is 19.2 Å². The maximum absolute atomic E-state index is 11.5. The SMILES string of the molecule is O=C1OC(=O)C2C1CCC1C(=O)OC(=O)C12. The van der Waals surface area contributed by atoms with Gasteiger partial charge in [0.05, 0.1) is 23.7 Å². The molecule has 0 radical (unpaired) electrons. The highest BCUT2D eigenvalue weighted by atomic mass is 16.6. The monoisotopic (exact) mass is 224 g/mol. The molecule has 84 valence electrons. The first-order chi connectivity index (χ1) is 7.59. The van der Waals surface area contributed by atoms with E-state index in [1.165, 1.54) is 0 Å². The summed E-state index contributed by atoms with van der Waals surface area (Å²) in [5, 5.41) is 0. The maximum atomic E-state index is 11.5. The standard InChI is InChI=1S/C10H8O6/c11-7-3-1-2-4-6(5(3)9(13)15-7)10(14)16-8(4)12/h3-6H,1-2H2. The molecule has 4 unspecified atom stereocenters. The summed E-state index contributed by atoms with van der Waals surface area (Å²) >= 11 is 0. The molecule has 6 nitrogen and oxygen atoms in total. The van der Waals surface area contributed by atoms with Gasteiger partial charge in [-0.05, 0) is 12.8 Å². The lowest BCUT2D eigenvalue weighted by Crippen LogP contribution is -2.38. The van der Waals surface area contributed by atoms with Gasteiger partial charge in [0.1, 0.15) is 0 Å². The minimum Gasteiger partial charge on any atom is -0.393 e. The van der Waals surface area contributed by atoms with Crippen LogP contribution in [0.1, 0.15) is 12.8 Å². The molecule has 6 heteroatoms. The summed E-state index contributed by atoms with van der Waals surface area (Å²) in [6.45, 7) is 0. The molecule has 3 fully saturated rings. The molecule has 0 aromatic carbocycles. The summed E-state index contributed by atoms with van der Waals surface area (Å²) in [5.74, 6) is -5.34. The van der Waals surface area contributed by atoms with Crippen LogP contribution in [-0.4, -0.2) is 23.9 Å². The summed E-state index contributed by atoms with van der Waals surface area (Å²) in [4.78, 5) is 45.5. The van der Waals surface area contributed by atoms with Crippen molar-refractivity contribution >= 4 is 23.9 Å². The molecule has 4 atom stereocenters. The Hall–Kier alpha value is -1.72. The third-order valence-electron chi connectivity index (χ3n) is 3.59. The predicted octanol–water partition coefficient (Wildman–Crippen LogP) is -0.588. The van der Waals surface area contributed by atoms with Crippen LogP contribution in [0.2, 0.25) is 0 Å². The lowest BCUT2D eigenvalue weighted by Gasteiger charge is -2.26. The van der Waals surface area contributed by atoms with Crippen LogP contribution in [0.15, 0.2) is 0 Å². The fraction of sp³-hybridized carbons (Fsp3) is 0.600. The van der Waals surface area contributed by atoms with Gasteiger partial charge in [0.2, 0.25) is 0 Å². The van der Waals surface area contributed by atoms with E-state index in [2.05, 4.69) is 9.47 Å². The smallest absolute Gasteiger partial charge is 0.318 e. The van der Waals surface area contributed by atoms with Crippen molar-refractivity contribution in [3.8, 4) is 0 Å². The molecule has 3 aliphatic rings. The quantitative estimate of drug-likeness (QED) is 0.404. The molecule has 0 spiro atoms.